The van der Waals surface area contributed by atoms with E-state index in [0.717, 1.165) is 5.75 Å². The summed E-state index contributed by atoms with van der Waals surface area (Å²) in [6.07, 6.45) is 0.222. The summed E-state index contributed by atoms with van der Waals surface area (Å²) in [5.41, 5.74) is 1.26. The van der Waals surface area contributed by atoms with Gasteiger partial charge in [0.2, 0.25) is 0 Å². The van der Waals surface area contributed by atoms with Gasteiger partial charge in [-0.2, -0.15) is 0 Å². The smallest absolute Gasteiger partial charge is 0.303 e. The number of methoxy groups -OCH3 is 1. The third kappa shape index (κ3) is 6.06. The Morgan fingerprint density at radius 1 is 1.36 bits per heavy atom. The molecule has 0 aliphatic carbocycles. The normalized spacial score (nSPS) is 8.50. The summed E-state index contributed by atoms with van der Waals surface area (Å²) in [4.78, 5) is 9.37. The fraction of sp³-hybridized carbons (Fsp3) is 0.364. The highest BCUT2D eigenvalue weighted by atomic mass is 16.5. The number of carboxylic acids is 1. The molecule has 1 N–H and O–H groups in total. The molecule has 3 heteroatoms. The molecule has 0 heterocycles. The molecule has 0 spiro atoms. The minimum atomic E-state index is -0.745. The number of benzene rings is 1. The summed E-state index contributed by atoms with van der Waals surface area (Å²) in [6.45, 7) is 3.65. The van der Waals surface area contributed by atoms with Gasteiger partial charge in [0.25, 0.3) is 0 Å². The van der Waals surface area contributed by atoms with Crippen LogP contribution < -0.4 is 4.74 Å². The number of aryl methyl sites for hydroxylation is 1. The second kappa shape index (κ2) is 6.95. The molecular weight excluding hydrogens is 180 g/mol. The van der Waals surface area contributed by atoms with Crippen LogP contribution in [-0.4, -0.2) is 18.2 Å². The molecule has 3 nitrogen and oxygen atoms in total. The zero-order chi connectivity index (χ0) is 11.0. The van der Waals surface area contributed by atoms with Crippen molar-refractivity contribution >= 4 is 5.97 Å². The van der Waals surface area contributed by atoms with Crippen molar-refractivity contribution in [3.63, 3.8) is 0 Å². The van der Waals surface area contributed by atoms with Crippen molar-refractivity contribution < 1.29 is 14.6 Å². The van der Waals surface area contributed by atoms with Crippen LogP contribution in [0.2, 0.25) is 0 Å². The molecule has 78 valence electrons. The zero-order valence-corrected chi connectivity index (χ0v) is 8.78. The Balaban J connectivity index is 0.000000292. The van der Waals surface area contributed by atoms with Crippen LogP contribution in [0.25, 0.3) is 0 Å². The number of rotatable bonds is 2. The lowest BCUT2D eigenvalue weighted by molar-refractivity contribution is -0.136. The summed E-state index contributed by atoms with van der Waals surface area (Å²) in [6, 6.07) is 7.96. The highest BCUT2D eigenvalue weighted by Crippen LogP contribution is 2.09. The Morgan fingerprint density at radius 2 is 1.79 bits per heavy atom. The van der Waals surface area contributed by atoms with E-state index in [1.807, 2.05) is 24.3 Å². The minimum Gasteiger partial charge on any atom is -0.497 e. The van der Waals surface area contributed by atoms with Crippen molar-refractivity contribution in [1.82, 2.24) is 0 Å². The monoisotopic (exact) mass is 196 g/mol. The molecular formula is C11H16O3. The van der Waals surface area contributed by atoms with Crippen LogP contribution >= 0.6 is 0 Å². The third-order valence-electron chi connectivity index (χ3n) is 1.56. The largest absolute Gasteiger partial charge is 0.497 e. The van der Waals surface area contributed by atoms with E-state index >= 15 is 0 Å². The Bertz CT molecular complexity index is 264. The van der Waals surface area contributed by atoms with Crippen LogP contribution in [0.3, 0.4) is 0 Å². The van der Waals surface area contributed by atoms with Gasteiger partial charge >= 0.3 is 5.97 Å². The molecule has 14 heavy (non-hydrogen) atoms. The third-order valence-corrected chi connectivity index (χ3v) is 1.56. The maximum atomic E-state index is 9.37. The lowest BCUT2D eigenvalue weighted by Gasteiger charge is -1.97. The second-order valence-electron chi connectivity index (χ2n) is 2.76. The van der Waals surface area contributed by atoms with Crippen LogP contribution in [-0.2, 0) is 4.79 Å². The Morgan fingerprint density at radius 3 is 2.07 bits per heavy atom. The van der Waals surface area contributed by atoms with Gasteiger partial charge in [0.05, 0.1) is 7.11 Å². The number of carboxylic acid groups (broad SMARTS) is 1. The highest BCUT2D eigenvalue weighted by molar-refractivity contribution is 5.66. The van der Waals surface area contributed by atoms with E-state index in [1.165, 1.54) is 5.56 Å². The van der Waals surface area contributed by atoms with E-state index in [2.05, 4.69) is 6.92 Å². The molecule has 1 aromatic rings. The van der Waals surface area contributed by atoms with Crippen molar-refractivity contribution in [1.29, 1.82) is 0 Å². The minimum absolute atomic E-state index is 0.222. The number of ether oxygens (including phenoxy) is 1. The van der Waals surface area contributed by atoms with Gasteiger partial charge in [-0.25, -0.2) is 0 Å². The fourth-order valence-corrected chi connectivity index (χ4v) is 0.674. The number of carbonyl (C=O) groups is 1. The standard InChI is InChI=1S/C8H10O.C3H6O2/c1-7-3-5-8(9-2)6-4-7;1-2-3(4)5/h3-6H,1-2H3;2H2,1H3,(H,4,5). The number of hydrogen-bond acceptors (Lipinski definition) is 2. The Hall–Kier alpha value is -1.51. The van der Waals surface area contributed by atoms with E-state index in [9.17, 15) is 4.79 Å². The first-order valence-corrected chi connectivity index (χ1v) is 4.42. The van der Waals surface area contributed by atoms with Crippen LogP contribution in [0.4, 0.5) is 0 Å². The van der Waals surface area contributed by atoms with Gasteiger partial charge in [0, 0.05) is 6.42 Å². The first kappa shape index (κ1) is 12.5. The predicted molar refractivity (Wildman–Crippen MR) is 55.7 cm³/mol. The van der Waals surface area contributed by atoms with Crippen LogP contribution in [0, 0.1) is 6.92 Å². The first-order chi connectivity index (χ1) is 6.60. The number of aliphatic carboxylic acids is 1. The van der Waals surface area contributed by atoms with E-state index in [-0.39, 0.29) is 6.42 Å². The van der Waals surface area contributed by atoms with E-state index < -0.39 is 5.97 Å². The van der Waals surface area contributed by atoms with Gasteiger partial charge in [-0.1, -0.05) is 24.6 Å². The Kier molecular flexibility index (Phi) is 6.20. The van der Waals surface area contributed by atoms with Crippen molar-refractivity contribution in [3.05, 3.63) is 29.8 Å². The first-order valence-electron chi connectivity index (χ1n) is 4.42. The van der Waals surface area contributed by atoms with Crippen LogP contribution in [0.15, 0.2) is 24.3 Å². The number of hydrogen-bond donors (Lipinski definition) is 1. The van der Waals surface area contributed by atoms with Crippen molar-refractivity contribution in [2.75, 3.05) is 7.11 Å². The topological polar surface area (TPSA) is 46.5 Å². The molecule has 1 aromatic carbocycles. The molecule has 0 aromatic heterocycles. The van der Waals surface area contributed by atoms with Crippen molar-refractivity contribution in [2.45, 2.75) is 20.3 Å². The van der Waals surface area contributed by atoms with Gasteiger partial charge in [-0.3, -0.25) is 4.79 Å². The predicted octanol–water partition coefficient (Wildman–Crippen LogP) is 2.48. The summed E-state index contributed by atoms with van der Waals surface area (Å²) < 4.78 is 4.97. The molecule has 0 unspecified atom stereocenters. The average molecular weight is 196 g/mol. The second-order valence-corrected chi connectivity index (χ2v) is 2.76. The van der Waals surface area contributed by atoms with Gasteiger partial charge < -0.3 is 9.84 Å². The summed E-state index contributed by atoms with van der Waals surface area (Å²) in [5, 5.41) is 7.72. The molecule has 0 saturated carbocycles. The molecule has 0 amide bonds. The van der Waals surface area contributed by atoms with Crippen molar-refractivity contribution in [2.24, 2.45) is 0 Å². The SMILES string of the molecule is CCC(=O)O.COc1ccc(C)cc1. The molecule has 0 radical (unpaired) electrons. The molecule has 0 aliphatic rings. The highest BCUT2D eigenvalue weighted by Gasteiger charge is 1.85. The summed E-state index contributed by atoms with van der Waals surface area (Å²) >= 11 is 0. The molecule has 1 rings (SSSR count). The molecule has 0 atom stereocenters. The molecule has 0 fully saturated rings. The van der Waals surface area contributed by atoms with E-state index in [4.69, 9.17) is 9.84 Å². The van der Waals surface area contributed by atoms with E-state index in [1.54, 1.807) is 14.0 Å². The van der Waals surface area contributed by atoms with Gasteiger partial charge in [0.15, 0.2) is 0 Å². The van der Waals surface area contributed by atoms with Crippen LogP contribution in [0.1, 0.15) is 18.9 Å². The van der Waals surface area contributed by atoms with Gasteiger partial charge in [-0.15, -0.1) is 0 Å². The maximum Gasteiger partial charge on any atom is 0.303 e. The van der Waals surface area contributed by atoms with Crippen molar-refractivity contribution in [3.8, 4) is 5.75 Å². The van der Waals surface area contributed by atoms with Crippen LogP contribution in [0.5, 0.6) is 5.75 Å². The Labute approximate surface area is 84.3 Å². The summed E-state index contributed by atoms with van der Waals surface area (Å²) in [7, 11) is 1.67. The quantitative estimate of drug-likeness (QED) is 0.790. The van der Waals surface area contributed by atoms with Gasteiger partial charge in [0.1, 0.15) is 5.75 Å². The molecule has 0 saturated heterocycles. The fourth-order valence-electron chi connectivity index (χ4n) is 0.674. The maximum absolute atomic E-state index is 9.37. The zero-order valence-electron chi connectivity index (χ0n) is 8.78. The van der Waals surface area contributed by atoms with E-state index in [0.29, 0.717) is 0 Å². The lowest BCUT2D eigenvalue weighted by Crippen LogP contribution is -1.86. The molecule has 0 aliphatic heterocycles. The molecule has 0 bridgehead atoms. The summed E-state index contributed by atoms with van der Waals surface area (Å²) in [5.74, 6) is 0.172. The lowest BCUT2D eigenvalue weighted by atomic mass is 10.2. The van der Waals surface area contributed by atoms with Gasteiger partial charge in [-0.05, 0) is 19.1 Å². The average Bonchev–Trinajstić information content (AvgIpc) is 2.20.